The number of nitrogens with zero attached hydrogens (tertiary/aromatic N) is 1. The van der Waals surface area contributed by atoms with E-state index in [-0.39, 0.29) is 25.2 Å². The third kappa shape index (κ3) is 3.64. The van der Waals surface area contributed by atoms with E-state index in [9.17, 15) is 9.59 Å². The first-order valence-corrected chi connectivity index (χ1v) is 8.55. The Kier molecular flexibility index (Phi) is 5.11. The van der Waals surface area contributed by atoms with E-state index in [0.29, 0.717) is 17.2 Å². The van der Waals surface area contributed by atoms with E-state index in [0.717, 1.165) is 23.2 Å². The van der Waals surface area contributed by atoms with Crippen LogP contribution < -0.4 is 19.7 Å². The lowest BCUT2D eigenvalue weighted by Gasteiger charge is -2.25. The monoisotopic (exact) mass is 354 g/mol. The minimum absolute atomic E-state index is 0.0539. The number of carbonyl (C=O) groups is 2. The van der Waals surface area contributed by atoms with Crippen LogP contribution in [0.1, 0.15) is 25.0 Å². The maximum absolute atomic E-state index is 12.5. The van der Waals surface area contributed by atoms with E-state index in [1.165, 1.54) is 11.8 Å². The number of fused-ring (bicyclic) bond motifs is 1. The van der Waals surface area contributed by atoms with E-state index in [4.69, 9.17) is 9.47 Å². The third-order valence-corrected chi connectivity index (χ3v) is 4.31. The number of carbonyl (C=O) groups excluding carboxylic acids is 2. The summed E-state index contributed by atoms with van der Waals surface area (Å²) >= 11 is 0. The molecule has 0 bridgehead atoms. The van der Waals surface area contributed by atoms with Gasteiger partial charge in [0.2, 0.25) is 18.6 Å². The summed E-state index contributed by atoms with van der Waals surface area (Å²) in [6, 6.07) is 11.1. The fourth-order valence-electron chi connectivity index (χ4n) is 3.06. The van der Waals surface area contributed by atoms with Crippen LogP contribution in [0.25, 0.3) is 0 Å². The van der Waals surface area contributed by atoms with Crippen LogP contribution in [-0.4, -0.2) is 25.2 Å². The van der Waals surface area contributed by atoms with Gasteiger partial charge in [-0.1, -0.05) is 25.1 Å². The summed E-state index contributed by atoms with van der Waals surface area (Å²) in [5.41, 5.74) is 3.41. The van der Waals surface area contributed by atoms with Crippen molar-refractivity contribution in [2.24, 2.45) is 0 Å². The van der Waals surface area contributed by atoms with Gasteiger partial charge in [-0.25, -0.2) is 0 Å². The maximum atomic E-state index is 12.5. The highest BCUT2D eigenvalue weighted by molar-refractivity contribution is 6.02. The summed E-state index contributed by atoms with van der Waals surface area (Å²) in [7, 11) is 0. The molecule has 0 atom stereocenters. The quantitative estimate of drug-likeness (QED) is 0.895. The largest absolute Gasteiger partial charge is 0.454 e. The normalized spacial score (nSPS) is 12.0. The summed E-state index contributed by atoms with van der Waals surface area (Å²) in [6.45, 7) is 5.57. The van der Waals surface area contributed by atoms with Crippen LogP contribution in [0.3, 0.4) is 0 Å². The number of benzene rings is 2. The first-order chi connectivity index (χ1) is 12.5. The predicted molar refractivity (Wildman–Crippen MR) is 99.8 cm³/mol. The molecule has 136 valence electrons. The number of nitrogens with one attached hydrogen (secondary N) is 1. The minimum Gasteiger partial charge on any atom is -0.454 e. The van der Waals surface area contributed by atoms with Crippen molar-refractivity contribution in [1.82, 2.24) is 0 Å². The molecule has 0 saturated heterocycles. The lowest BCUT2D eigenvalue weighted by atomic mass is 10.0. The highest BCUT2D eigenvalue weighted by Gasteiger charge is 2.21. The van der Waals surface area contributed by atoms with Gasteiger partial charge in [0.25, 0.3) is 0 Å². The fraction of sp³-hybridized carbons (Fsp3) is 0.300. The molecule has 0 saturated carbocycles. The lowest BCUT2D eigenvalue weighted by Crippen LogP contribution is -2.37. The van der Waals surface area contributed by atoms with Crippen molar-refractivity contribution in [3.05, 3.63) is 47.5 Å². The molecule has 1 N–H and O–H groups in total. The van der Waals surface area contributed by atoms with Crippen LogP contribution in [0.15, 0.2) is 36.4 Å². The van der Waals surface area contributed by atoms with Gasteiger partial charge >= 0.3 is 0 Å². The second kappa shape index (κ2) is 7.47. The van der Waals surface area contributed by atoms with Crippen molar-refractivity contribution in [1.29, 1.82) is 0 Å². The van der Waals surface area contributed by atoms with Gasteiger partial charge in [0.1, 0.15) is 6.54 Å². The molecule has 2 aromatic rings. The molecular formula is C20H22N2O4. The highest BCUT2D eigenvalue weighted by atomic mass is 16.7. The van der Waals surface area contributed by atoms with Gasteiger partial charge in [-0.15, -0.1) is 0 Å². The molecule has 0 radical (unpaired) electrons. The van der Waals surface area contributed by atoms with E-state index in [2.05, 4.69) is 5.32 Å². The molecule has 1 aliphatic rings. The Morgan fingerprint density at radius 3 is 2.65 bits per heavy atom. The Labute approximate surface area is 152 Å². The van der Waals surface area contributed by atoms with E-state index in [1.54, 1.807) is 18.2 Å². The zero-order chi connectivity index (χ0) is 18.7. The molecule has 0 fully saturated rings. The summed E-state index contributed by atoms with van der Waals surface area (Å²) in [5.74, 6) is 0.804. The topological polar surface area (TPSA) is 67.9 Å². The van der Waals surface area contributed by atoms with Crippen LogP contribution in [0.2, 0.25) is 0 Å². The van der Waals surface area contributed by atoms with Gasteiger partial charge in [0.15, 0.2) is 11.5 Å². The zero-order valence-electron chi connectivity index (χ0n) is 15.2. The number of hydrogen-bond donors (Lipinski definition) is 1. The second-order valence-corrected chi connectivity index (χ2v) is 6.16. The van der Waals surface area contributed by atoms with Crippen molar-refractivity contribution in [2.75, 3.05) is 23.6 Å². The van der Waals surface area contributed by atoms with Gasteiger partial charge in [0, 0.05) is 18.7 Å². The van der Waals surface area contributed by atoms with Gasteiger partial charge in [-0.05, 0) is 36.6 Å². The van der Waals surface area contributed by atoms with Crippen molar-refractivity contribution in [3.8, 4) is 11.5 Å². The Hall–Kier alpha value is -3.02. The first-order valence-electron chi connectivity index (χ1n) is 8.55. The maximum Gasteiger partial charge on any atom is 0.244 e. The third-order valence-electron chi connectivity index (χ3n) is 4.31. The highest BCUT2D eigenvalue weighted by Crippen LogP contribution is 2.34. The zero-order valence-corrected chi connectivity index (χ0v) is 15.2. The number of amides is 2. The summed E-state index contributed by atoms with van der Waals surface area (Å²) in [5, 5.41) is 2.82. The molecule has 2 aromatic carbocycles. The second-order valence-electron chi connectivity index (χ2n) is 6.16. The Morgan fingerprint density at radius 1 is 1.15 bits per heavy atom. The standard InChI is InChI=1S/C20H22N2O4/c1-4-15-7-5-6-13(2)20(15)22(14(3)23)11-19(24)21-16-8-9-17-18(10-16)26-12-25-17/h5-10H,4,11-12H2,1-3H3,(H,21,24). The molecular weight excluding hydrogens is 332 g/mol. The molecule has 6 nitrogen and oxygen atoms in total. The van der Waals surface area contributed by atoms with Crippen LogP contribution >= 0.6 is 0 Å². The molecule has 6 heteroatoms. The van der Waals surface area contributed by atoms with E-state index < -0.39 is 0 Å². The average Bonchev–Trinajstić information content (AvgIpc) is 3.07. The number of ether oxygens (including phenoxy) is 2. The Balaban J connectivity index is 1.78. The summed E-state index contributed by atoms with van der Waals surface area (Å²) in [4.78, 5) is 26.3. The van der Waals surface area contributed by atoms with Crippen molar-refractivity contribution in [2.45, 2.75) is 27.2 Å². The van der Waals surface area contributed by atoms with Crippen LogP contribution in [0.5, 0.6) is 11.5 Å². The Bertz CT molecular complexity index is 848. The first kappa shape index (κ1) is 17.8. The number of hydrogen-bond acceptors (Lipinski definition) is 4. The molecule has 1 aliphatic heterocycles. The van der Waals surface area contributed by atoms with Crippen LogP contribution in [-0.2, 0) is 16.0 Å². The molecule has 0 aliphatic carbocycles. The van der Waals surface area contributed by atoms with Gasteiger partial charge in [0.05, 0.1) is 5.69 Å². The molecule has 0 unspecified atom stereocenters. The van der Waals surface area contributed by atoms with Gasteiger partial charge < -0.3 is 19.7 Å². The fourth-order valence-corrected chi connectivity index (χ4v) is 3.06. The average molecular weight is 354 g/mol. The van der Waals surface area contributed by atoms with Crippen molar-refractivity contribution >= 4 is 23.2 Å². The molecule has 0 spiro atoms. The molecule has 0 aromatic heterocycles. The number of aryl methyl sites for hydroxylation is 2. The van der Waals surface area contributed by atoms with Crippen molar-refractivity contribution in [3.63, 3.8) is 0 Å². The summed E-state index contributed by atoms with van der Waals surface area (Å²) in [6.07, 6.45) is 0.782. The molecule has 2 amide bonds. The van der Waals surface area contributed by atoms with Gasteiger partial charge in [-0.2, -0.15) is 0 Å². The molecule has 3 rings (SSSR count). The SMILES string of the molecule is CCc1cccc(C)c1N(CC(=O)Nc1ccc2c(c1)OCO2)C(C)=O. The number of para-hydroxylation sites is 1. The lowest BCUT2D eigenvalue weighted by molar-refractivity contribution is -0.120. The van der Waals surface area contributed by atoms with Crippen LogP contribution in [0.4, 0.5) is 11.4 Å². The van der Waals surface area contributed by atoms with Gasteiger partial charge in [-0.3, -0.25) is 9.59 Å². The van der Waals surface area contributed by atoms with Crippen molar-refractivity contribution < 1.29 is 19.1 Å². The Morgan fingerprint density at radius 2 is 1.92 bits per heavy atom. The smallest absolute Gasteiger partial charge is 0.244 e. The number of anilines is 2. The van der Waals surface area contributed by atoms with E-state index in [1.807, 2.05) is 32.0 Å². The summed E-state index contributed by atoms with van der Waals surface area (Å²) < 4.78 is 10.6. The van der Waals surface area contributed by atoms with E-state index >= 15 is 0 Å². The number of rotatable bonds is 5. The molecule has 1 heterocycles. The molecule has 26 heavy (non-hydrogen) atoms. The van der Waals surface area contributed by atoms with Crippen LogP contribution in [0, 0.1) is 6.92 Å². The predicted octanol–water partition coefficient (Wildman–Crippen LogP) is 3.28. The minimum atomic E-state index is -0.274.